The van der Waals surface area contributed by atoms with Crippen LogP contribution in [0.4, 0.5) is 0 Å². The molecule has 1 amide bonds. The first-order valence-electron chi connectivity index (χ1n) is 8.77. The van der Waals surface area contributed by atoms with Crippen molar-refractivity contribution in [1.82, 2.24) is 9.88 Å². The zero-order valence-electron chi connectivity index (χ0n) is 14.3. The lowest BCUT2D eigenvalue weighted by atomic mass is 10.1. The second-order valence-electron chi connectivity index (χ2n) is 6.43. The van der Waals surface area contributed by atoms with E-state index in [1.165, 1.54) is 6.26 Å². The Balaban J connectivity index is 1.55. The summed E-state index contributed by atoms with van der Waals surface area (Å²) in [5.74, 6) is -0.00120. The number of carbonyl (C=O) groups excluding carboxylic acids is 2. The van der Waals surface area contributed by atoms with Gasteiger partial charge in [-0.1, -0.05) is 18.2 Å². The number of amides is 1. The number of para-hydroxylation sites is 1. The number of furan rings is 1. The van der Waals surface area contributed by atoms with Crippen molar-refractivity contribution in [2.24, 2.45) is 0 Å². The SMILES string of the molecule is O=C(Cn1cc(C(=O)c2ccco2)c2ccccc21)NC[C@@H]1CCCO1. The lowest BCUT2D eigenvalue weighted by Crippen LogP contribution is -2.34. The molecule has 0 radical (unpaired) electrons. The number of carbonyl (C=O) groups is 2. The van der Waals surface area contributed by atoms with Gasteiger partial charge in [0, 0.05) is 30.3 Å². The third-order valence-electron chi connectivity index (χ3n) is 4.64. The highest BCUT2D eigenvalue weighted by Crippen LogP contribution is 2.24. The van der Waals surface area contributed by atoms with Crippen LogP contribution in [0.25, 0.3) is 10.9 Å². The van der Waals surface area contributed by atoms with Crippen molar-refractivity contribution in [1.29, 1.82) is 0 Å². The van der Waals surface area contributed by atoms with Crippen LogP contribution < -0.4 is 5.32 Å². The largest absolute Gasteiger partial charge is 0.461 e. The maximum atomic E-state index is 12.7. The van der Waals surface area contributed by atoms with Crippen molar-refractivity contribution in [3.05, 3.63) is 60.2 Å². The van der Waals surface area contributed by atoms with E-state index < -0.39 is 0 Å². The highest BCUT2D eigenvalue weighted by atomic mass is 16.5. The molecule has 1 aromatic carbocycles. The van der Waals surface area contributed by atoms with Gasteiger partial charge < -0.3 is 19.0 Å². The van der Waals surface area contributed by atoms with Crippen LogP contribution >= 0.6 is 0 Å². The highest BCUT2D eigenvalue weighted by Gasteiger charge is 2.20. The molecule has 0 aliphatic carbocycles. The van der Waals surface area contributed by atoms with E-state index in [0.717, 1.165) is 30.4 Å². The average molecular weight is 352 g/mol. The predicted octanol–water partition coefficient (Wildman–Crippen LogP) is 2.76. The fourth-order valence-corrected chi connectivity index (χ4v) is 3.34. The van der Waals surface area contributed by atoms with E-state index in [4.69, 9.17) is 9.15 Å². The van der Waals surface area contributed by atoms with E-state index in [1.807, 2.05) is 24.3 Å². The van der Waals surface area contributed by atoms with Crippen LogP contribution in [0.15, 0.2) is 53.3 Å². The van der Waals surface area contributed by atoms with E-state index in [2.05, 4.69) is 5.32 Å². The van der Waals surface area contributed by atoms with Gasteiger partial charge in [-0.15, -0.1) is 0 Å². The maximum absolute atomic E-state index is 12.7. The van der Waals surface area contributed by atoms with Gasteiger partial charge in [-0.25, -0.2) is 0 Å². The molecule has 1 aliphatic rings. The second kappa shape index (κ2) is 7.17. The van der Waals surface area contributed by atoms with Crippen molar-refractivity contribution in [3.8, 4) is 0 Å². The monoisotopic (exact) mass is 352 g/mol. The number of hydrogen-bond donors (Lipinski definition) is 1. The van der Waals surface area contributed by atoms with Gasteiger partial charge in [-0.2, -0.15) is 0 Å². The first kappa shape index (κ1) is 16.6. The number of aromatic nitrogens is 1. The minimum absolute atomic E-state index is 0.0988. The molecule has 26 heavy (non-hydrogen) atoms. The van der Waals surface area contributed by atoms with Gasteiger partial charge in [-0.3, -0.25) is 9.59 Å². The summed E-state index contributed by atoms with van der Waals surface area (Å²) < 4.78 is 12.6. The Kier molecular flexibility index (Phi) is 4.58. The number of fused-ring (bicyclic) bond motifs is 1. The molecular weight excluding hydrogens is 332 g/mol. The molecule has 1 aliphatic heterocycles. The van der Waals surface area contributed by atoms with E-state index >= 15 is 0 Å². The molecule has 2 aromatic heterocycles. The Morgan fingerprint density at radius 3 is 2.85 bits per heavy atom. The lowest BCUT2D eigenvalue weighted by molar-refractivity contribution is -0.122. The first-order valence-corrected chi connectivity index (χ1v) is 8.77. The van der Waals surface area contributed by atoms with Crippen LogP contribution in [0.2, 0.25) is 0 Å². The number of rotatable bonds is 6. The molecular formula is C20H20N2O4. The Morgan fingerprint density at radius 2 is 2.08 bits per heavy atom. The predicted molar refractivity (Wildman–Crippen MR) is 96.1 cm³/mol. The summed E-state index contributed by atoms with van der Waals surface area (Å²) in [7, 11) is 0. The summed E-state index contributed by atoms with van der Waals surface area (Å²) in [5, 5.41) is 3.72. The average Bonchev–Trinajstić information content (AvgIpc) is 3.41. The van der Waals surface area contributed by atoms with Crippen LogP contribution in [-0.4, -0.2) is 35.5 Å². The number of nitrogens with one attached hydrogen (secondary N) is 1. The second-order valence-corrected chi connectivity index (χ2v) is 6.43. The van der Waals surface area contributed by atoms with Crippen LogP contribution in [0.3, 0.4) is 0 Å². The topological polar surface area (TPSA) is 73.5 Å². The molecule has 4 rings (SSSR count). The van der Waals surface area contributed by atoms with Crippen molar-refractivity contribution in [3.63, 3.8) is 0 Å². The third kappa shape index (κ3) is 3.28. The minimum Gasteiger partial charge on any atom is -0.461 e. The van der Waals surface area contributed by atoms with E-state index in [-0.39, 0.29) is 30.1 Å². The van der Waals surface area contributed by atoms with Crippen LogP contribution in [0.5, 0.6) is 0 Å². The third-order valence-corrected chi connectivity index (χ3v) is 4.64. The Bertz CT molecular complexity index is 921. The van der Waals surface area contributed by atoms with E-state index in [1.54, 1.807) is 22.9 Å². The molecule has 0 bridgehead atoms. The summed E-state index contributed by atoms with van der Waals surface area (Å²) in [5.41, 5.74) is 1.37. The molecule has 1 N–H and O–H groups in total. The van der Waals surface area contributed by atoms with Gasteiger partial charge in [-0.05, 0) is 31.0 Å². The molecule has 6 nitrogen and oxygen atoms in total. The molecule has 0 saturated carbocycles. The van der Waals surface area contributed by atoms with Crippen molar-refractivity contribution in [2.75, 3.05) is 13.2 Å². The summed E-state index contributed by atoms with van der Waals surface area (Å²) in [4.78, 5) is 25.0. The quantitative estimate of drug-likeness (QED) is 0.692. The molecule has 0 spiro atoms. The smallest absolute Gasteiger partial charge is 0.240 e. The van der Waals surface area contributed by atoms with Crippen LogP contribution in [-0.2, 0) is 16.1 Å². The minimum atomic E-state index is -0.190. The van der Waals surface area contributed by atoms with Gasteiger partial charge in [0.25, 0.3) is 0 Å². The van der Waals surface area contributed by atoms with Crippen molar-refractivity contribution < 1.29 is 18.7 Å². The molecule has 1 fully saturated rings. The van der Waals surface area contributed by atoms with Crippen LogP contribution in [0.1, 0.15) is 29.0 Å². The summed E-state index contributed by atoms with van der Waals surface area (Å²) in [6.07, 6.45) is 5.33. The number of ketones is 1. The first-order chi connectivity index (χ1) is 12.7. The molecule has 1 atom stereocenters. The van der Waals surface area contributed by atoms with Gasteiger partial charge in [0.15, 0.2) is 5.76 Å². The number of benzene rings is 1. The number of hydrogen-bond acceptors (Lipinski definition) is 4. The summed E-state index contributed by atoms with van der Waals surface area (Å²) >= 11 is 0. The van der Waals surface area contributed by atoms with Gasteiger partial charge in [0.2, 0.25) is 11.7 Å². The fraction of sp³-hybridized carbons (Fsp3) is 0.300. The van der Waals surface area contributed by atoms with Crippen molar-refractivity contribution in [2.45, 2.75) is 25.5 Å². The normalized spacial score (nSPS) is 16.8. The van der Waals surface area contributed by atoms with Gasteiger partial charge >= 0.3 is 0 Å². The Labute approximate surface area is 150 Å². The van der Waals surface area contributed by atoms with E-state index in [0.29, 0.717) is 12.1 Å². The summed E-state index contributed by atoms with van der Waals surface area (Å²) in [6.45, 7) is 1.44. The Hall–Kier alpha value is -2.86. The highest BCUT2D eigenvalue weighted by molar-refractivity contribution is 6.15. The molecule has 3 aromatic rings. The zero-order valence-corrected chi connectivity index (χ0v) is 14.3. The molecule has 134 valence electrons. The van der Waals surface area contributed by atoms with Gasteiger partial charge in [0.05, 0.1) is 17.9 Å². The lowest BCUT2D eigenvalue weighted by Gasteiger charge is -2.11. The van der Waals surface area contributed by atoms with Crippen LogP contribution in [0, 0.1) is 0 Å². The zero-order chi connectivity index (χ0) is 17.9. The molecule has 6 heteroatoms. The number of ether oxygens (including phenoxy) is 1. The standard InChI is InChI=1S/C20H20N2O4/c23-19(21-11-14-5-3-9-25-14)13-22-12-16(15-6-1-2-7-17(15)22)20(24)18-8-4-10-26-18/h1-2,4,6-8,10,12,14H,3,5,9,11,13H2,(H,21,23)/t14-/m0/s1. The van der Waals surface area contributed by atoms with Gasteiger partial charge in [0.1, 0.15) is 6.54 Å². The Morgan fingerprint density at radius 1 is 1.19 bits per heavy atom. The van der Waals surface area contributed by atoms with Crippen molar-refractivity contribution >= 4 is 22.6 Å². The molecule has 1 saturated heterocycles. The van der Waals surface area contributed by atoms with E-state index in [9.17, 15) is 9.59 Å². The number of nitrogens with zero attached hydrogens (tertiary/aromatic N) is 1. The fourth-order valence-electron chi connectivity index (χ4n) is 3.34. The molecule has 0 unspecified atom stereocenters. The summed E-state index contributed by atoms with van der Waals surface area (Å²) in [6, 6.07) is 10.9. The molecule has 3 heterocycles. The maximum Gasteiger partial charge on any atom is 0.240 e.